The van der Waals surface area contributed by atoms with Crippen molar-refractivity contribution in [2.24, 2.45) is 0 Å². The minimum absolute atomic E-state index is 0.113. The molecular weight excluding hydrogens is 617 g/mol. The Morgan fingerprint density at radius 2 is 1.78 bits per heavy atom. The van der Waals surface area contributed by atoms with Gasteiger partial charge in [0.05, 0.1) is 47.7 Å². The first kappa shape index (κ1) is 32.5. The van der Waals surface area contributed by atoms with Gasteiger partial charge in [0.1, 0.15) is 12.3 Å². The van der Waals surface area contributed by atoms with E-state index in [0.29, 0.717) is 28.4 Å². The molecule has 1 spiro atoms. The number of methoxy groups -OCH3 is 1. The number of aromatic nitrogens is 1. The maximum atomic E-state index is 13.7. The van der Waals surface area contributed by atoms with Crippen molar-refractivity contribution in [1.82, 2.24) is 9.47 Å². The van der Waals surface area contributed by atoms with Gasteiger partial charge in [0.15, 0.2) is 9.84 Å². The van der Waals surface area contributed by atoms with Crippen LogP contribution in [0.25, 0.3) is 10.9 Å². The zero-order valence-electron chi connectivity index (χ0n) is 26.3. The van der Waals surface area contributed by atoms with Gasteiger partial charge in [-0.05, 0) is 81.2 Å². The zero-order valence-corrected chi connectivity index (χ0v) is 27.1. The Morgan fingerprint density at radius 3 is 2.41 bits per heavy atom. The number of likely N-dealkylation sites (tertiary alicyclic amines) is 1. The Morgan fingerprint density at radius 1 is 1.04 bits per heavy atom. The molecule has 8 nitrogen and oxygen atoms in total. The smallest absolute Gasteiger partial charge is 0.406 e. The van der Waals surface area contributed by atoms with E-state index in [4.69, 9.17) is 9.47 Å². The van der Waals surface area contributed by atoms with Crippen LogP contribution < -0.4 is 15.4 Å². The standard InChI is InChI=1S/C34H41F3N4O4S/c1-44-32-22-27(46(2,42)43)12-13-30(32)38-17-4-5-26-21-28-29(6-3-7-31(28)41(26)23-34(35,36)37)39-24-8-10-25(11-9-24)40-18-14-33(15-19-40)16-20-45-33/h3,6-7,12-13,21-22,24-25,38-39H,8-11,14-20,23H2,1-2H3/t24-,25-. The van der Waals surface area contributed by atoms with Gasteiger partial charge in [-0.1, -0.05) is 12.0 Å². The Hall–Kier alpha value is -3.40. The first-order valence-electron chi connectivity index (χ1n) is 15.9. The van der Waals surface area contributed by atoms with Gasteiger partial charge in [0.2, 0.25) is 0 Å². The molecule has 0 bridgehead atoms. The fourth-order valence-corrected chi connectivity index (χ4v) is 7.71. The van der Waals surface area contributed by atoms with Gasteiger partial charge in [0.25, 0.3) is 0 Å². The van der Waals surface area contributed by atoms with E-state index >= 15 is 0 Å². The van der Waals surface area contributed by atoms with Crippen LogP contribution >= 0.6 is 0 Å². The van der Waals surface area contributed by atoms with Gasteiger partial charge in [-0.3, -0.25) is 0 Å². The topological polar surface area (TPSA) is 84.8 Å². The third-order valence-corrected chi connectivity index (χ3v) is 10.8. The van der Waals surface area contributed by atoms with E-state index in [-0.39, 0.29) is 28.8 Å². The number of ether oxygens (including phenoxy) is 2. The van der Waals surface area contributed by atoms with Crippen molar-refractivity contribution in [1.29, 1.82) is 0 Å². The van der Waals surface area contributed by atoms with Gasteiger partial charge in [0, 0.05) is 48.6 Å². The molecule has 1 aromatic heterocycles. The molecule has 3 fully saturated rings. The van der Waals surface area contributed by atoms with Crippen LogP contribution in [-0.2, 0) is 21.1 Å². The number of benzene rings is 2. The van der Waals surface area contributed by atoms with Crippen LogP contribution in [0.2, 0.25) is 0 Å². The summed E-state index contributed by atoms with van der Waals surface area (Å²) in [5.41, 5.74) is 2.24. The second kappa shape index (κ2) is 13.0. The molecular formula is C34H41F3N4O4S. The quantitative estimate of drug-likeness (QED) is 0.285. The molecule has 12 heteroatoms. The van der Waals surface area contributed by atoms with E-state index in [1.807, 2.05) is 6.07 Å². The number of anilines is 2. The molecule has 0 amide bonds. The lowest BCUT2D eigenvalue weighted by Gasteiger charge is -2.50. The summed E-state index contributed by atoms with van der Waals surface area (Å²) in [5.74, 6) is 6.18. The number of nitrogens with one attached hydrogen (secondary N) is 2. The largest absolute Gasteiger partial charge is 0.495 e. The number of hydrogen-bond donors (Lipinski definition) is 2. The first-order chi connectivity index (χ1) is 21.9. The lowest BCUT2D eigenvalue weighted by Crippen LogP contribution is -2.54. The normalized spacial score (nSPS) is 21.8. The number of nitrogens with zero attached hydrogens (tertiary/aromatic N) is 2. The van der Waals surface area contributed by atoms with Crippen molar-refractivity contribution < 1.29 is 31.1 Å². The minimum Gasteiger partial charge on any atom is -0.495 e. The summed E-state index contributed by atoms with van der Waals surface area (Å²) in [6.07, 6.45) is 4.34. The van der Waals surface area contributed by atoms with Crippen LogP contribution in [0.1, 0.15) is 50.6 Å². The first-order valence-corrected chi connectivity index (χ1v) is 17.8. The molecule has 3 aliphatic rings. The number of alkyl halides is 3. The minimum atomic E-state index is -4.42. The average molecular weight is 659 g/mol. The number of fused-ring (bicyclic) bond motifs is 1. The highest BCUT2D eigenvalue weighted by Crippen LogP contribution is 2.39. The predicted octanol–water partition coefficient (Wildman–Crippen LogP) is 6.06. The third-order valence-electron chi connectivity index (χ3n) is 9.72. The van der Waals surface area contributed by atoms with Crippen LogP contribution in [0.3, 0.4) is 0 Å². The van der Waals surface area contributed by atoms with Crippen molar-refractivity contribution in [3.05, 3.63) is 48.2 Å². The summed E-state index contributed by atoms with van der Waals surface area (Å²) < 4.78 is 77.3. The Labute approximate surface area is 268 Å². The molecule has 2 aromatic carbocycles. The molecule has 2 aliphatic heterocycles. The maximum absolute atomic E-state index is 13.7. The number of rotatable bonds is 8. The highest BCUT2D eigenvalue weighted by Gasteiger charge is 2.42. The van der Waals surface area contributed by atoms with E-state index in [1.54, 1.807) is 24.3 Å². The molecule has 0 unspecified atom stereocenters. The van der Waals surface area contributed by atoms with E-state index in [1.165, 1.54) is 30.2 Å². The van der Waals surface area contributed by atoms with Crippen molar-refractivity contribution in [2.75, 3.05) is 50.2 Å². The van der Waals surface area contributed by atoms with E-state index in [2.05, 4.69) is 27.4 Å². The number of sulfone groups is 1. The molecule has 2 saturated heterocycles. The SMILES string of the molecule is COc1cc(S(C)(=O)=O)ccc1NCC#Cc1cc2c(N[C@H]3CC[C@H](N4CCC5(CCO5)CC4)CC3)cccc2n1CC(F)(F)F. The van der Waals surface area contributed by atoms with Gasteiger partial charge in [-0.2, -0.15) is 13.2 Å². The molecule has 0 radical (unpaired) electrons. The summed E-state index contributed by atoms with van der Waals surface area (Å²) in [4.78, 5) is 2.75. The molecule has 248 valence electrons. The Kier molecular flexibility index (Phi) is 9.20. The van der Waals surface area contributed by atoms with Crippen LogP contribution in [0.4, 0.5) is 24.5 Å². The maximum Gasteiger partial charge on any atom is 0.406 e. The number of piperidine rings is 1. The molecule has 1 aliphatic carbocycles. The molecule has 0 atom stereocenters. The van der Waals surface area contributed by atoms with Crippen molar-refractivity contribution in [2.45, 2.75) is 80.2 Å². The molecule has 2 N–H and O–H groups in total. The summed E-state index contributed by atoms with van der Waals surface area (Å²) in [6.45, 7) is 2.05. The number of halogens is 3. The van der Waals surface area contributed by atoms with E-state index in [9.17, 15) is 21.6 Å². The monoisotopic (exact) mass is 658 g/mol. The van der Waals surface area contributed by atoms with Crippen LogP contribution in [0, 0.1) is 11.8 Å². The summed E-state index contributed by atoms with van der Waals surface area (Å²) in [5, 5.41) is 7.43. The van der Waals surface area contributed by atoms with Crippen molar-refractivity contribution >= 4 is 32.1 Å². The van der Waals surface area contributed by atoms with E-state index in [0.717, 1.165) is 70.2 Å². The van der Waals surface area contributed by atoms with Gasteiger partial charge in [-0.25, -0.2) is 8.42 Å². The number of hydrogen-bond acceptors (Lipinski definition) is 7. The summed E-state index contributed by atoms with van der Waals surface area (Å²) in [7, 11) is -1.98. The Balaban J connectivity index is 1.14. The molecule has 6 rings (SSSR count). The lowest BCUT2D eigenvalue weighted by atomic mass is 9.82. The lowest BCUT2D eigenvalue weighted by molar-refractivity contribution is -0.176. The second-order valence-electron chi connectivity index (χ2n) is 12.7. The van der Waals surface area contributed by atoms with Gasteiger partial charge >= 0.3 is 6.18 Å². The predicted molar refractivity (Wildman–Crippen MR) is 173 cm³/mol. The van der Waals surface area contributed by atoms with E-state index < -0.39 is 22.6 Å². The van der Waals surface area contributed by atoms with Gasteiger partial charge in [-0.15, -0.1) is 0 Å². The fraction of sp³-hybridized carbons (Fsp3) is 0.529. The van der Waals surface area contributed by atoms with Gasteiger partial charge < -0.3 is 29.6 Å². The molecule has 3 aromatic rings. The van der Waals surface area contributed by atoms with Crippen molar-refractivity contribution in [3.63, 3.8) is 0 Å². The average Bonchev–Trinajstić information content (AvgIpc) is 3.35. The molecule has 46 heavy (non-hydrogen) atoms. The van der Waals surface area contributed by atoms with Crippen LogP contribution in [-0.4, -0.2) is 81.4 Å². The fourth-order valence-electron chi connectivity index (χ4n) is 7.07. The van der Waals surface area contributed by atoms with Crippen LogP contribution in [0.5, 0.6) is 5.75 Å². The summed E-state index contributed by atoms with van der Waals surface area (Å²) >= 11 is 0. The third kappa shape index (κ3) is 7.27. The Bertz CT molecular complexity index is 1720. The molecule has 3 heterocycles. The summed E-state index contributed by atoms with van der Waals surface area (Å²) in [6, 6.07) is 12.4. The van der Waals surface area contributed by atoms with Crippen molar-refractivity contribution in [3.8, 4) is 17.6 Å². The molecule has 1 saturated carbocycles. The zero-order chi connectivity index (χ0) is 32.5. The highest BCUT2D eigenvalue weighted by molar-refractivity contribution is 7.90. The second-order valence-corrected chi connectivity index (χ2v) is 14.7. The highest BCUT2D eigenvalue weighted by atomic mass is 32.2. The van der Waals surface area contributed by atoms with Crippen LogP contribution in [0.15, 0.2) is 47.4 Å².